The summed E-state index contributed by atoms with van der Waals surface area (Å²) in [6.07, 6.45) is 1.67. The van der Waals surface area contributed by atoms with Gasteiger partial charge in [0.05, 0.1) is 19.0 Å². The molecule has 20 heavy (non-hydrogen) atoms. The van der Waals surface area contributed by atoms with Crippen molar-refractivity contribution in [1.29, 1.82) is 0 Å². The van der Waals surface area contributed by atoms with Crippen LogP contribution in [0.4, 0.5) is 0 Å². The molecule has 0 atom stereocenters. The zero-order valence-corrected chi connectivity index (χ0v) is 11.0. The summed E-state index contributed by atoms with van der Waals surface area (Å²) in [6.45, 7) is 0. The summed E-state index contributed by atoms with van der Waals surface area (Å²) in [4.78, 5) is 4.55. The standard InChI is InChI=1S/C16H13N3O/c1-20-14-9-7-13(8-10-14)16-18-15(11-17-19-16)12-5-3-2-4-6-12/h2-11H,1H3. The van der Waals surface area contributed by atoms with E-state index in [4.69, 9.17) is 4.74 Å². The van der Waals surface area contributed by atoms with Crippen molar-refractivity contribution in [3.63, 3.8) is 0 Å². The maximum Gasteiger partial charge on any atom is 0.182 e. The highest BCUT2D eigenvalue weighted by Crippen LogP contribution is 2.21. The van der Waals surface area contributed by atoms with Crippen LogP contribution in [-0.2, 0) is 0 Å². The van der Waals surface area contributed by atoms with Crippen LogP contribution in [0.25, 0.3) is 22.6 Å². The third kappa shape index (κ3) is 2.49. The van der Waals surface area contributed by atoms with Gasteiger partial charge in [0.2, 0.25) is 0 Å². The summed E-state index contributed by atoms with van der Waals surface area (Å²) in [7, 11) is 1.64. The summed E-state index contributed by atoms with van der Waals surface area (Å²) in [5.41, 5.74) is 2.75. The van der Waals surface area contributed by atoms with Crippen molar-refractivity contribution in [3.05, 3.63) is 60.8 Å². The van der Waals surface area contributed by atoms with Gasteiger partial charge < -0.3 is 4.74 Å². The highest BCUT2D eigenvalue weighted by atomic mass is 16.5. The van der Waals surface area contributed by atoms with Crippen LogP contribution >= 0.6 is 0 Å². The summed E-state index contributed by atoms with van der Waals surface area (Å²) in [6, 6.07) is 17.5. The highest BCUT2D eigenvalue weighted by Gasteiger charge is 2.05. The molecule has 0 fully saturated rings. The molecular formula is C16H13N3O. The molecule has 0 aliphatic carbocycles. The van der Waals surface area contributed by atoms with E-state index in [0.29, 0.717) is 5.82 Å². The van der Waals surface area contributed by atoms with Crippen LogP contribution in [0, 0.1) is 0 Å². The van der Waals surface area contributed by atoms with Crippen molar-refractivity contribution < 1.29 is 4.74 Å². The van der Waals surface area contributed by atoms with Gasteiger partial charge in [0.25, 0.3) is 0 Å². The second-order valence-corrected chi connectivity index (χ2v) is 4.26. The van der Waals surface area contributed by atoms with Gasteiger partial charge in [-0.1, -0.05) is 30.3 Å². The van der Waals surface area contributed by atoms with Gasteiger partial charge >= 0.3 is 0 Å². The van der Waals surface area contributed by atoms with Gasteiger partial charge in [0.1, 0.15) is 5.75 Å². The summed E-state index contributed by atoms with van der Waals surface area (Å²) in [5.74, 6) is 1.41. The van der Waals surface area contributed by atoms with E-state index in [0.717, 1.165) is 22.6 Å². The molecule has 0 bridgehead atoms. The number of nitrogens with zero attached hydrogens (tertiary/aromatic N) is 3. The van der Waals surface area contributed by atoms with E-state index in [2.05, 4.69) is 15.2 Å². The second-order valence-electron chi connectivity index (χ2n) is 4.26. The van der Waals surface area contributed by atoms with E-state index in [9.17, 15) is 0 Å². The van der Waals surface area contributed by atoms with Gasteiger partial charge in [0.15, 0.2) is 5.82 Å². The van der Waals surface area contributed by atoms with Crippen LogP contribution < -0.4 is 4.74 Å². The van der Waals surface area contributed by atoms with Crippen molar-refractivity contribution >= 4 is 0 Å². The first-order valence-corrected chi connectivity index (χ1v) is 6.26. The van der Waals surface area contributed by atoms with E-state index >= 15 is 0 Å². The monoisotopic (exact) mass is 263 g/mol. The zero-order valence-electron chi connectivity index (χ0n) is 11.0. The predicted octanol–water partition coefficient (Wildman–Crippen LogP) is 3.21. The Balaban J connectivity index is 1.98. The van der Waals surface area contributed by atoms with Crippen LogP contribution in [0.2, 0.25) is 0 Å². The topological polar surface area (TPSA) is 47.9 Å². The third-order valence-corrected chi connectivity index (χ3v) is 2.98. The smallest absolute Gasteiger partial charge is 0.182 e. The van der Waals surface area contributed by atoms with Crippen LogP contribution in [0.3, 0.4) is 0 Å². The lowest BCUT2D eigenvalue weighted by molar-refractivity contribution is 0.415. The van der Waals surface area contributed by atoms with Crippen molar-refractivity contribution in [3.8, 4) is 28.4 Å². The van der Waals surface area contributed by atoms with Crippen molar-refractivity contribution in [1.82, 2.24) is 15.2 Å². The molecule has 2 aromatic carbocycles. The minimum atomic E-state index is 0.606. The van der Waals surface area contributed by atoms with Crippen LogP contribution in [0.1, 0.15) is 0 Å². The summed E-state index contributed by atoms with van der Waals surface area (Å²) < 4.78 is 5.14. The molecule has 0 saturated heterocycles. The van der Waals surface area contributed by atoms with E-state index in [-0.39, 0.29) is 0 Å². The zero-order chi connectivity index (χ0) is 13.8. The number of methoxy groups -OCH3 is 1. The quantitative estimate of drug-likeness (QED) is 0.728. The maximum atomic E-state index is 5.14. The van der Waals surface area contributed by atoms with Gasteiger partial charge in [-0.2, -0.15) is 5.10 Å². The van der Waals surface area contributed by atoms with Crippen molar-refractivity contribution in [2.75, 3.05) is 7.11 Å². The lowest BCUT2D eigenvalue weighted by atomic mass is 10.1. The lowest BCUT2D eigenvalue weighted by Gasteiger charge is -2.04. The first kappa shape index (κ1) is 12.3. The first-order chi connectivity index (χ1) is 9.86. The maximum absolute atomic E-state index is 5.14. The molecule has 0 spiro atoms. The highest BCUT2D eigenvalue weighted by molar-refractivity contribution is 5.62. The molecular weight excluding hydrogens is 250 g/mol. The second kappa shape index (κ2) is 5.48. The van der Waals surface area contributed by atoms with E-state index < -0.39 is 0 Å². The summed E-state index contributed by atoms with van der Waals surface area (Å²) >= 11 is 0. The van der Waals surface area contributed by atoms with Crippen molar-refractivity contribution in [2.24, 2.45) is 0 Å². The Morgan fingerprint density at radius 2 is 1.60 bits per heavy atom. The largest absolute Gasteiger partial charge is 0.497 e. The Hall–Kier alpha value is -2.75. The Labute approximate surface area is 117 Å². The SMILES string of the molecule is COc1ccc(-c2nncc(-c3ccccc3)n2)cc1. The fourth-order valence-electron chi connectivity index (χ4n) is 1.91. The molecule has 98 valence electrons. The molecule has 4 nitrogen and oxygen atoms in total. The molecule has 1 aromatic heterocycles. The molecule has 3 rings (SSSR count). The first-order valence-electron chi connectivity index (χ1n) is 6.26. The molecule has 4 heteroatoms. The number of rotatable bonds is 3. The van der Waals surface area contributed by atoms with E-state index in [1.807, 2.05) is 54.6 Å². The molecule has 0 unspecified atom stereocenters. The van der Waals surface area contributed by atoms with E-state index in [1.54, 1.807) is 13.3 Å². The molecule has 0 aliphatic heterocycles. The number of ether oxygens (including phenoxy) is 1. The minimum Gasteiger partial charge on any atom is -0.497 e. The average molecular weight is 263 g/mol. The molecule has 0 amide bonds. The Kier molecular flexibility index (Phi) is 3.37. The molecule has 0 aliphatic rings. The lowest BCUT2D eigenvalue weighted by Crippen LogP contribution is -1.94. The molecule has 1 heterocycles. The fourth-order valence-corrected chi connectivity index (χ4v) is 1.91. The molecule has 0 N–H and O–H groups in total. The van der Waals surface area contributed by atoms with Crippen LogP contribution in [0.15, 0.2) is 60.8 Å². The average Bonchev–Trinajstić information content (AvgIpc) is 2.56. The van der Waals surface area contributed by atoms with Gasteiger partial charge in [-0.3, -0.25) is 0 Å². The number of benzene rings is 2. The molecule has 0 radical (unpaired) electrons. The van der Waals surface area contributed by atoms with Crippen LogP contribution in [-0.4, -0.2) is 22.3 Å². The Bertz CT molecular complexity index is 696. The third-order valence-electron chi connectivity index (χ3n) is 2.98. The Morgan fingerprint density at radius 3 is 2.30 bits per heavy atom. The number of hydrogen-bond donors (Lipinski definition) is 0. The van der Waals surface area contributed by atoms with Gasteiger partial charge in [-0.15, -0.1) is 5.10 Å². The summed E-state index contributed by atoms with van der Waals surface area (Å²) in [5, 5.41) is 8.12. The number of hydrogen-bond acceptors (Lipinski definition) is 4. The minimum absolute atomic E-state index is 0.606. The van der Waals surface area contributed by atoms with Crippen molar-refractivity contribution in [2.45, 2.75) is 0 Å². The normalized spacial score (nSPS) is 10.2. The van der Waals surface area contributed by atoms with Crippen LogP contribution in [0.5, 0.6) is 5.75 Å². The number of aromatic nitrogens is 3. The molecule has 3 aromatic rings. The molecule has 0 saturated carbocycles. The predicted molar refractivity (Wildman–Crippen MR) is 77.3 cm³/mol. The fraction of sp³-hybridized carbons (Fsp3) is 0.0625. The van der Waals surface area contributed by atoms with Gasteiger partial charge in [-0.05, 0) is 24.3 Å². The van der Waals surface area contributed by atoms with Gasteiger partial charge in [-0.25, -0.2) is 4.98 Å². The Morgan fingerprint density at radius 1 is 0.850 bits per heavy atom. The van der Waals surface area contributed by atoms with Gasteiger partial charge in [0, 0.05) is 11.1 Å². The van der Waals surface area contributed by atoms with E-state index in [1.165, 1.54) is 0 Å².